The molecule has 0 unspecified atom stereocenters. The predicted octanol–water partition coefficient (Wildman–Crippen LogP) is 4.88. The minimum atomic E-state index is 0.679. The molecule has 5 heteroatoms. The van der Waals surface area contributed by atoms with Crippen molar-refractivity contribution in [1.82, 2.24) is 14.8 Å². The lowest BCUT2D eigenvalue weighted by molar-refractivity contribution is 0.575. The fraction of sp³-hybridized carbons (Fsp3) is 0.111. The van der Waals surface area contributed by atoms with Gasteiger partial charge >= 0.3 is 0 Å². The second-order valence-electron chi connectivity index (χ2n) is 5.41. The molecule has 0 radical (unpaired) electrons. The Bertz CT molecular complexity index is 987. The van der Waals surface area contributed by atoms with E-state index in [1.165, 1.54) is 5.56 Å². The van der Waals surface area contributed by atoms with Crippen LogP contribution in [-0.2, 0) is 5.33 Å². The average molecular weight is 368 g/mol. The Hall–Kier alpha value is -2.40. The van der Waals surface area contributed by atoms with Gasteiger partial charge in [-0.15, -0.1) is 0 Å². The first-order valence-corrected chi connectivity index (χ1v) is 8.43. The van der Waals surface area contributed by atoms with Crippen molar-refractivity contribution in [2.75, 3.05) is 0 Å². The molecule has 3 heterocycles. The summed E-state index contributed by atoms with van der Waals surface area (Å²) in [5.74, 6) is 1.64. The van der Waals surface area contributed by atoms with Gasteiger partial charge < -0.3 is 4.42 Å². The highest BCUT2D eigenvalue weighted by molar-refractivity contribution is 9.08. The lowest BCUT2D eigenvalue weighted by atomic mass is 10.1. The summed E-state index contributed by atoms with van der Waals surface area (Å²) in [4.78, 5) is 4.62. The molecule has 4 rings (SSSR count). The van der Waals surface area contributed by atoms with Crippen molar-refractivity contribution < 1.29 is 4.42 Å². The SMILES string of the molecule is Cc1cccc(-c2ccn(-c3ccc4oc(CBr)cc4n3)n2)c1. The van der Waals surface area contributed by atoms with Crippen LogP contribution in [0.5, 0.6) is 0 Å². The molecule has 0 aliphatic carbocycles. The molecule has 0 atom stereocenters. The number of aromatic nitrogens is 3. The number of hydrogen-bond acceptors (Lipinski definition) is 3. The molecule has 3 aromatic heterocycles. The van der Waals surface area contributed by atoms with E-state index in [0.717, 1.165) is 33.9 Å². The van der Waals surface area contributed by atoms with Gasteiger partial charge in [-0.05, 0) is 31.2 Å². The van der Waals surface area contributed by atoms with Gasteiger partial charge in [0.05, 0.1) is 11.0 Å². The van der Waals surface area contributed by atoms with E-state index in [4.69, 9.17) is 4.42 Å². The first kappa shape index (κ1) is 14.2. The van der Waals surface area contributed by atoms with Crippen LogP contribution in [0.15, 0.2) is 59.1 Å². The zero-order chi connectivity index (χ0) is 15.8. The molecule has 4 aromatic rings. The normalized spacial score (nSPS) is 11.2. The molecule has 0 spiro atoms. The lowest BCUT2D eigenvalue weighted by Gasteiger charge is -2.01. The summed E-state index contributed by atoms with van der Waals surface area (Å²) in [5.41, 5.74) is 4.88. The Morgan fingerprint density at radius 1 is 1.13 bits per heavy atom. The molecule has 1 aromatic carbocycles. The molecule has 4 nitrogen and oxygen atoms in total. The van der Waals surface area contributed by atoms with Gasteiger partial charge in [0.1, 0.15) is 11.3 Å². The summed E-state index contributed by atoms with van der Waals surface area (Å²) < 4.78 is 7.45. The van der Waals surface area contributed by atoms with Crippen LogP contribution >= 0.6 is 15.9 Å². The smallest absolute Gasteiger partial charge is 0.154 e. The number of fused-ring (bicyclic) bond motifs is 1. The molecule has 0 aliphatic heterocycles. The van der Waals surface area contributed by atoms with E-state index in [1.54, 1.807) is 4.68 Å². The minimum absolute atomic E-state index is 0.679. The number of aryl methyl sites for hydroxylation is 1. The van der Waals surface area contributed by atoms with Crippen molar-refractivity contribution in [1.29, 1.82) is 0 Å². The Morgan fingerprint density at radius 3 is 2.87 bits per heavy atom. The largest absolute Gasteiger partial charge is 0.458 e. The molecule has 0 fully saturated rings. The topological polar surface area (TPSA) is 43.9 Å². The van der Waals surface area contributed by atoms with Gasteiger partial charge in [-0.25, -0.2) is 9.67 Å². The highest BCUT2D eigenvalue weighted by Gasteiger charge is 2.08. The molecular formula is C18H14BrN3O. The van der Waals surface area contributed by atoms with Gasteiger partial charge in [0.15, 0.2) is 11.4 Å². The third kappa shape index (κ3) is 2.68. The Balaban J connectivity index is 1.73. The third-order valence-electron chi connectivity index (χ3n) is 3.68. The molecule has 0 saturated carbocycles. The summed E-state index contributed by atoms with van der Waals surface area (Å²) in [6.45, 7) is 2.08. The standard InChI is InChI=1S/C18H14BrN3O/c1-12-3-2-4-13(9-12)15-7-8-22(21-15)18-6-5-17-16(20-18)10-14(11-19)23-17/h2-10H,11H2,1H3. The van der Waals surface area contributed by atoms with Crippen molar-refractivity contribution in [2.24, 2.45) is 0 Å². The maximum Gasteiger partial charge on any atom is 0.154 e. The van der Waals surface area contributed by atoms with E-state index in [9.17, 15) is 0 Å². The molecule has 0 aliphatic rings. The number of rotatable bonds is 3. The first-order valence-electron chi connectivity index (χ1n) is 7.31. The fourth-order valence-corrected chi connectivity index (χ4v) is 2.84. The van der Waals surface area contributed by atoms with Crippen LogP contribution in [-0.4, -0.2) is 14.8 Å². The lowest BCUT2D eigenvalue weighted by Crippen LogP contribution is -1.97. The molecule has 0 N–H and O–H groups in total. The van der Waals surface area contributed by atoms with Crippen molar-refractivity contribution in [3.05, 3.63) is 66.1 Å². The van der Waals surface area contributed by atoms with Gasteiger partial charge in [-0.3, -0.25) is 0 Å². The summed E-state index contributed by atoms with van der Waals surface area (Å²) in [7, 11) is 0. The maximum atomic E-state index is 5.66. The van der Waals surface area contributed by atoms with Crippen molar-refractivity contribution in [3.8, 4) is 17.1 Å². The van der Waals surface area contributed by atoms with E-state index in [2.05, 4.69) is 51.1 Å². The molecular weight excluding hydrogens is 354 g/mol. The van der Waals surface area contributed by atoms with Gasteiger partial charge in [0.25, 0.3) is 0 Å². The van der Waals surface area contributed by atoms with E-state index in [1.807, 2.05) is 36.5 Å². The number of benzene rings is 1. The third-order valence-corrected chi connectivity index (χ3v) is 4.23. The van der Waals surface area contributed by atoms with E-state index >= 15 is 0 Å². The van der Waals surface area contributed by atoms with Crippen molar-refractivity contribution in [2.45, 2.75) is 12.3 Å². The van der Waals surface area contributed by atoms with Gasteiger partial charge in [-0.2, -0.15) is 5.10 Å². The zero-order valence-electron chi connectivity index (χ0n) is 12.5. The minimum Gasteiger partial charge on any atom is -0.458 e. The highest BCUT2D eigenvalue weighted by Crippen LogP contribution is 2.22. The van der Waals surface area contributed by atoms with E-state index < -0.39 is 0 Å². The molecule has 0 amide bonds. The van der Waals surface area contributed by atoms with Crippen LogP contribution < -0.4 is 0 Å². The van der Waals surface area contributed by atoms with Crippen LogP contribution in [0.25, 0.3) is 28.2 Å². The van der Waals surface area contributed by atoms with Crippen LogP contribution in [0.3, 0.4) is 0 Å². The number of furan rings is 1. The second-order valence-corrected chi connectivity index (χ2v) is 5.97. The van der Waals surface area contributed by atoms with Crippen LogP contribution in [0, 0.1) is 6.92 Å². The number of alkyl halides is 1. The molecule has 0 bridgehead atoms. The van der Waals surface area contributed by atoms with E-state index in [-0.39, 0.29) is 0 Å². The first-order chi connectivity index (χ1) is 11.2. The van der Waals surface area contributed by atoms with Gasteiger partial charge in [0.2, 0.25) is 0 Å². The second kappa shape index (κ2) is 5.66. The van der Waals surface area contributed by atoms with Gasteiger partial charge in [-0.1, -0.05) is 39.7 Å². The van der Waals surface area contributed by atoms with Gasteiger partial charge in [0, 0.05) is 17.8 Å². The summed E-state index contributed by atoms with van der Waals surface area (Å²) in [5, 5.41) is 5.32. The number of pyridine rings is 1. The number of halogens is 1. The van der Waals surface area contributed by atoms with Crippen LogP contribution in [0.1, 0.15) is 11.3 Å². The molecule has 114 valence electrons. The van der Waals surface area contributed by atoms with Crippen LogP contribution in [0.4, 0.5) is 0 Å². The molecule has 0 saturated heterocycles. The quantitative estimate of drug-likeness (QED) is 0.484. The Labute approximate surface area is 141 Å². The average Bonchev–Trinajstić information content (AvgIpc) is 3.20. The summed E-state index contributed by atoms with van der Waals surface area (Å²) in [6, 6.07) is 16.1. The fourth-order valence-electron chi connectivity index (χ4n) is 2.57. The maximum absolute atomic E-state index is 5.66. The zero-order valence-corrected chi connectivity index (χ0v) is 14.1. The molecule has 23 heavy (non-hydrogen) atoms. The number of hydrogen-bond donors (Lipinski definition) is 0. The van der Waals surface area contributed by atoms with E-state index in [0.29, 0.717) is 5.33 Å². The highest BCUT2D eigenvalue weighted by atomic mass is 79.9. The van der Waals surface area contributed by atoms with Crippen molar-refractivity contribution in [3.63, 3.8) is 0 Å². The number of nitrogens with zero attached hydrogens (tertiary/aromatic N) is 3. The predicted molar refractivity (Wildman–Crippen MR) is 93.9 cm³/mol. The summed E-state index contributed by atoms with van der Waals surface area (Å²) >= 11 is 3.39. The summed E-state index contributed by atoms with van der Waals surface area (Å²) in [6.07, 6.45) is 1.93. The van der Waals surface area contributed by atoms with Crippen LogP contribution in [0.2, 0.25) is 0 Å². The Morgan fingerprint density at radius 2 is 2.04 bits per heavy atom. The monoisotopic (exact) mass is 367 g/mol. The van der Waals surface area contributed by atoms with Crippen molar-refractivity contribution >= 4 is 27.0 Å². The Kier molecular flexibility index (Phi) is 3.50.